The summed E-state index contributed by atoms with van der Waals surface area (Å²) in [5.41, 5.74) is 5.78. The fraction of sp³-hybridized carbons (Fsp3) is 0.366. The molecule has 1 aliphatic rings. The van der Waals surface area contributed by atoms with E-state index in [1.54, 1.807) is 11.2 Å². The van der Waals surface area contributed by atoms with Gasteiger partial charge >= 0.3 is 6.09 Å². The molecule has 5 N–H and O–H groups in total. The van der Waals surface area contributed by atoms with Gasteiger partial charge in [0.1, 0.15) is 11.6 Å². The first-order chi connectivity index (χ1) is 24.9. The van der Waals surface area contributed by atoms with Crippen LogP contribution in [0.5, 0.6) is 0 Å². The second-order valence-corrected chi connectivity index (χ2v) is 14.5. The van der Waals surface area contributed by atoms with Crippen molar-refractivity contribution in [3.05, 3.63) is 126 Å². The number of amides is 3. The van der Waals surface area contributed by atoms with Gasteiger partial charge in [-0.05, 0) is 52.6 Å². The number of hydrazine groups is 1. The van der Waals surface area contributed by atoms with Gasteiger partial charge in [-0.15, -0.1) is 0 Å². The third kappa shape index (κ3) is 9.81. The molecule has 0 aliphatic heterocycles. The van der Waals surface area contributed by atoms with Crippen molar-refractivity contribution in [3.63, 3.8) is 0 Å². The Kier molecular flexibility index (Phi) is 12.4. The lowest BCUT2D eigenvalue weighted by Gasteiger charge is -2.33. The number of aliphatic hydroxyl groups excluding tert-OH is 1. The minimum atomic E-state index is -1.82. The van der Waals surface area contributed by atoms with Gasteiger partial charge in [-0.3, -0.25) is 20.0 Å². The molecule has 1 aromatic heterocycles. The SMILES string of the molecule is COC(=O)N[C@H](C(=O)NN(CCC[C@@](O)(Cc1ccccc1)C(=O)N[C@H]1c2ccccc2C[C@H]1O)Cc1ccc(-c2ccccn2)cc1)C(C)(C)C. The standard InChI is InChI=1S/C41H49N5O6/c1-40(2,3)36(44-39(50)52-4)37(48)45-46(27-29-18-20-30(21-19-29)33-17-10-11-23-42-33)24-12-22-41(51,26-28-13-6-5-7-14-28)38(49)43-35-32-16-9-8-15-31(32)25-34(35)47/h5-11,13-21,23,34-36,47,51H,12,22,24-27H2,1-4H3,(H,43,49)(H,44,50)(H,45,48)/t34-,35+,36-,41-/m1/s1. The summed E-state index contributed by atoms with van der Waals surface area (Å²) in [5, 5.41) is 30.3. The molecule has 52 heavy (non-hydrogen) atoms. The fourth-order valence-corrected chi connectivity index (χ4v) is 6.58. The number of nitrogens with one attached hydrogen (secondary N) is 3. The van der Waals surface area contributed by atoms with Crippen LogP contribution in [0.25, 0.3) is 11.3 Å². The highest BCUT2D eigenvalue weighted by Gasteiger charge is 2.40. The van der Waals surface area contributed by atoms with E-state index in [9.17, 15) is 24.6 Å². The van der Waals surface area contributed by atoms with Gasteiger partial charge in [0, 0.05) is 37.7 Å². The normalized spacial score (nSPS) is 17.1. The van der Waals surface area contributed by atoms with E-state index >= 15 is 0 Å². The highest BCUT2D eigenvalue weighted by atomic mass is 16.5. The molecule has 11 heteroatoms. The van der Waals surface area contributed by atoms with Crippen LogP contribution in [0.3, 0.4) is 0 Å². The van der Waals surface area contributed by atoms with Crippen LogP contribution >= 0.6 is 0 Å². The van der Waals surface area contributed by atoms with Gasteiger partial charge in [0.2, 0.25) is 0 Å². The number of fused-ring (bicyclic) bond motifs is 1. The number of carbonyl (C=O) groups is 3. The number of hydrogen-bond donors (Lipinski definition) is 5. The Bertz CT molecular complexity index is 1800. The molecule has 4 aromatic rings. The van der Waals surface area contributed by atoms with Crippen molar-refractivity contribution in [2.75, 3.05) is 13.7 Å². The zero-order chi connectivity index (χ0) is 37.3. The molecule has 0 unspecified atom stereocenters. The Labute approximate surface area is 305 Å². The van der Waals surface area contributed by atoms with E-state index in [0.29, 0.717) is 19.4 Å². The Morgan fingerprint density at radius 3 is 2.29 bits per heavy atom. The minimum absolute atomic E-state index is 0.0562. The van der Waals surface area contributed by atoms with Crippen LogP contribution in [0.4, 0.5) is 4.79 Å². The number of hydrogen-bond acceptors (Lipinski definition) is 8. The molecule has 0 saturated carbocycles. The summed E-state index contributed by atoms with van der Waals surface area (Å²) in [6, 6.07) is 28.9. The summed E-state index contributed by atoms with van der Waals surface area (Å²) < 4.78 is 4.79. The van der Waals surface area contributed by atoms with Crippen LogP contribution in [0.15, 0.2) is 103 Å². The molecule has 0 radical (unpaired) electrons. The predicted octanol–water partition coefficient (Wildman–Crippen LogP) is 4.88. The van der Waals surface area contributed by atoms with Crippen molar-refractivity contribution in [1.82, 2.24) is 26.1 Å². The first-order valence-corrected chi connectivity index (χ1v) is 17.6. The molecule has 0 bridgehead atoms. The van der Waals surface area contributed by atoms with Crippen LogP contribution in [-0.2, 0) is 33.7 Å². The topological polar surface area (TPSA) is 153 Å². The smallest absolute Gasteiger partial charge is 0.407 e. The molecule has 3 amide bonds. The summed E-state index contributed by atoms with van der Waals surface area (Å²) in [6.45, 7) is 6.10. The van der Waals surface area contributed by atoms with Gasteiger partial charge < -0.3 is 25.6 Å². The lowest BCUT2D eigenvalue weighted by atomic mass is 9.86. The van der Waals surface area contributed by atoms with E-state index < -0.39 is 47.1 Å². The third-order valence-corrected chi connectivity index (χ3v) is 9.40. The molecular formula is C41H49N5O6. The average molecular weight is 708 g/mol. The number of pyridine rings is 1. The van der Waals surface area contributed by atoms with E-state index in [1.807, 2.05) is 118 Å². The van der Waals surface area contributed by atoms with Crippen molar-refractivity contribution in [2.24, 2.45) is 5.41 Å². The molecular weight excluding hydrogens is 658 g/mol. The zero-order valence-corrected chi connectivity index (χ0v) is 30.2. The second kappa shape index (κ2) is 16.9. The van der Waals surface area contributed by atoms with Crippen LogP contribution in [0, 0.1) is 5.41 Å². The molecule has 0 spiro atoms. The maximum Gasteiger partial charge on any atom is 0.407 e. The van der Waals surface area contributed by atoms with Crippen LogP contribution < -0.4 is 16.1 Å². The van der Waals surface area contributed by atoms with Crippen molar-refractivity contribution < 1.29 is 29.3 Å². The Morgan fingerprint density at radius 1 is 0.923 bits per heavy atom. The summed E-state index contributed by atoms with van der Waals surface area (Å²) in [5.74, 6) is -1.01. The first-order valence-electron chi connectivity index (χ1n) is 17.6. The molecule has 5 rings (SSSR count). The third-order valence-electron chi connectivity index (χ3n) is 9.40. The van der Waals surface area contributed by atoms with Gasteiger partial charge in [-0.2, -0.15) is 0 Å². The highest BCUT2D eigenvalue weighted by Crippen LogP contribution is 2.32. The maximum atomic E-state index is 14.0. The lowest BCUT2D eigenvalue weighted by molar-refractivity contribution is -0.142. The predicted molar refractivity (Wildman–Crippen MR) is 198 cm³/mol. The highest BCUT2D eigenvalue weighted by molar-refractivity contribution is 5.86. The van der Waals surface area contributed by atoms with E-state index in [4.69, 9.17) is 4.74 Å². The molecule has 11 nitrogen and oxygen atoms in total. The largest absolute Gasteiger partial charge is 0.453 e. The van der Waals surface area contributed by atoms with Gasteiger partial charge in [0.15, 0.2) is 0 Å². The fourth-order valence-electron chi connectivity index (χ4n) is 6.58. The van der Waals surface area contributed by atoms with Crippen LogP contribution in [0.2, 0.25) is 0 Å². The molecule has 1 heterocycles. The first kappa shape index (κ1) is 38.1. The summed E-state index contributed by atoms with van der Waals surface area (Å²) in [6.07, 6.45) is 1.05. The number of methoxy groups -OCH3 is 1. The maximum absolute atomic E-state index is 14.0. The monoisotopic (exact) mass is 707 g/mol. The van der Waals surface area contributed by atoms with E-state index in [1.165, 1.54) is 7.11 Å². The molecule has 0 fully saturated rings. The average Bonchev–Trinajstić information content (AvgIpc) is 3.45. The quantitative estimate of drug-likeness (QED) is 0.116. The number of aromatic nitrogens is 1. The van der Waals surface area contributed by atoms with Gasteiger partial charge in [-0.25, -0.2) is 9.80 Å². The number of aliphatic hydroxyl groups is 2. The number of benzene rings is 3. The van der Waals surface area contributed by atoms with E-state index in [-0.39, 0.29) is 19.4 Å². The van der Waals surface area contributed by atoms with Crippen molar-refractivity contribution >= 4 is 17.9 Å². The van der Waals surface area contributed by atoms with E-state index in [2.05, 4.69) is 21.0 Å². The summed E-state index contributed by atoms with van der Waals surface area (Å²) in [4.78, 5) is 44.4. The number of nitrogens with zero attached hydrogens (tertiary/aromatic N) is 2. The molecule has 3 aromatic carbocycles. The second-order valence-electron chi connectivity index (χ2n) is 14.5. The Morgan fingerprint density at radius 2 is 1.62 bits per heavy atom. The Balaban J connectivity index is 1.36. The van der Waals surface area contributed by atoms with Gasteiger partial charge in [-0.1, -0.05) is 106 Å². The van der Waals surface area contributed by atoms with Gasteiger partial charge in [0.05, 0.1) is 24.9 Å². The van der Waals surface area contributed by atoms with Crippen molar-refractivity contribution in [1.29, 1.82) is 0 Å². The number of ether oxygens (including phenoxy) is 1. The van der Waals surface area contributed by atoms with Crippen molar-refractivity contribution in [3.8, 4) is 11.3 Å². The number of rotatable bonds is 14. The van der Waals surface area contributed by atoms with Gasteiger partial charge in [0.25, 0.3) is 11.8 Å². The number of carbonyl (C=O) groups excluding carboxylic acids is 3. The summed E-state index contributed by atoms with van der Waals surface area (Å²) >= 11 is 0. The molecule has 0 saturated heterocycles. The molecule has 4 atom stereocenters. The van der Waals surface area contributed by atoms with Crippen LogP contribution in [0.1, 0.15) is 61.9 Å². The minimum Gasteiger partial charge on any atom is -0.453 e. The number of alkyl carbamates (subject to hydrolysis) is 1. The van der Waals surface area contributed by atoms with E-state index in [0.717, 1.165) is 33.5 Å². The molecule has 1 aliphatic carbocycles. The summed E-state index contributed by atoms with van der Waals surface area (Å²) in [7, 11) is 1.24. The Hall–Kier alpha value is -5.10. The van der Waals surface area contributed by atoms with Crippen molar-refractivity contribution in [2.45, 2.75) is 76.8 Å². The van der Waals surface area contributed by atoms with Crippen LogP contribution in [-0.4, -0.2) is 69.5 Å². The molecule has 274 valence electrons. The zero-order valence-electron chi connectivity index (χ0n) is 30.2. The lowest BCUT2D eigenvalue weighted by Crippen LogP contribution is -2.57.